The first-order valence-electron chi connectivity index (χ1n) is 6.55. The number of carboxylic acids is 2. The molecule has 0 aliphatic heterocycles. The molecule has 0 fully saturated rings. The van der Waals surface area contributed by atoms with Gasteiger partial charge in [-0.3, -0.25) is 9.59 Å². The van der Waals surface area contributed by atoms with Crippen molar-refractivity contribution in [2.45, 2.75) is 31.3 Å². The molecule has 0 heterocycles. The van der Waals surface area contributed by atoms with Crippen LogP contribution in [0.1, 0.15) is 24.8 Å². The first-order chi connectivity index (χ1) is 9.91. The summed E-state index contributed by atoms with van der Waals surface area (Å²) >= 11 is 0. The molecule has 0 radical (unpaired) electrons. The van der Waals surface area contributed by atoms with Gasteiger partial charge in [0.05, 0.1) is 0 Å². The summed E-state index contributed by atoms with van der Waals surface area (Å²) in [5.41, 5.74) is -0.00113. The molecule has 0 aromatic heterocycles. The average molecular weight is 313 g/mol. The van der Waals surface area contributed by atoms with Crippen LogP contribution < -0.4 is 0 Å². The van der Waals surface area contributed by atoms with Gasteiger partial charge in [-0.1, -0.05) is 30.3 Å². The maximum atomic E-state index is 11.4. The molecule has 1 rings (SSSR count). The molecule has 1 aromatic carbocycles. The second kappa shape index (κ2) is 8.49. The van der Waals surface area contributed by atoms with Crippen LogP contribution in [-0.4, -0.2) is 32.7 Å². The molecule has 3 atom stereocenters. The Bertz CT molecular complexity index is 501. The summed E-state index contributed by atoms with van der Waals surface area (Å²) in [6, 6.07) is 9.23. The van der Waals surface area contributed by atoms with E-state index >= 15 is 0 Å². The summed E-state index contributed by atoms with van der Waals surface area (Å²) < 4.78 is 11.4. The summed E-state index contributed by atoms with van der Waals surface area (Å²) in [4.78, 5) is 31.2. The number of rotatable bonds is 9. The highest BCUT2D eigenvalue weighted by molar-refractivity contribution is 7.39. The van der Waals surface area contributed by atoms with Crippen molar-refractivity contribution in [3.8, 4) is 0 Å². The van der Waals surface area contributed by atoms with Crippen molar-refractivity contribution in [1.82, 2.24) is 0 Å². The van der Waals surface area contributed by atoms with Crippen molar-refractivity contribution in [3.63, 3.8) is 0 Å². The van der Waals surface area contributed by atoms with Gasteiger partial charge in [-0.2, -0.15) is 4.89 Å². The Morgan fingerprint density at radius 1 is 1.10 bits per heavy atom. The zero-order chi connectivity index (χ0) is 15.8. The van der Waals surface area contributed by atoms with Crippen LogP contribution in [0.3, 0.4) is 0 Å². The molecule has 21 heavy (non-hydrogen) atoms. The number of aryl methyl sites for hydroxylation is 1. The van der Waals surface area contributed by atoms with Gasteiger partial charge in [0.1, 0.15) is 5.92 Å². The second-order valence-corrected chi connectivity index (χ2v) is 6.04. The van der Waals surface area contributed by atoms with Crippen molar-refractivity contribution < 1.29 is 29.3 Å². The van der Waals surface area contributed by atoms with Crippen LogP contribution in [0.15, 0.2) is 30.3 Å². The molecule has 1 aromatic rings. The molecule has 0 saturated heterocycles. The van der Waals surface area contributed by atoms with E-state index in [0.717, 1.165) is 5.56 Å². The van der Waals surface area contributed by atoms with E-state index in [9.17, 15) is 24.2 Å². The zero-order valence-electron chi connectivity index (χ0n) is 11.4. The van der Waals surface area contributed by atoms with Gasteiger partial charge >= 0.3 is 20.0 Å². The standard InChI is InChI=1S/C14H17O6P/c15-13(16)9-7-11(14(17)18)12(21(19)20)8-6-10-4-2-1-3-5-10/h1-5,11-12H,6-9H2,(H2-,15,16,17,18,19,20)/p+1. The molecule has 7 heteroatoms. The van der Waals surface area contributed by atoms with Crippen molar-refractivity contribution in [2.75, 3.05) is 0 Å². The van der Waals surface area contributed by atoms with Gasteiger partial charge in [-0.25, -0.2) is 0 Å². The minimum Gasteiger partial charge on any atom is -0.481 e. The van der Waals surface area contributed by atoms with E-state index in [2.05, 4.69) is 0 Å². The monoisotopic (exact) mass is 313 g/mol. The molecule has 0 amide bonds. The Hall–Kier alpha value is -1.78. The van der Waals surface area contributed by atoms with Crippen LogP contribution in [0, 0.1) is 5.92 Å². The Kier molecular flexibility index (Phi) is 6.99. The largest absolute Gasteiger partial charge is 0.509 e. The third-order valence-electron chi connectivity index (χ3n) is 3.31. The van der Waals surface area contributed by atoms with E-state index in [1.165, 1.54) is 0 Å². The molecule has 0 saturated carbocycles. The fourth-order valence-electron chi connectivity index (χ4n) is 2.18. The van der Waals surface area contributed by atoms with Gasteiger partial charge in [0.15, 0.2) is 0 Å². The molecular weight excluding hydrogens is 295 g/mol. The van der Waals surface area contributed by atoms with E-state index in [1.54, 1.807) is 0 Å². The van der Waals surface area contributed by atoms with Gasteiger partial charge in [0, 0.05) is 12.8 Å². The van der Waals surface area contributed by atoms with Crippen LogP contribution in [-0.2, 0) is 20.6 Å². The molecule has 0 spiro atoms. The molecule has 3 N–H and O–H groups in total. The predicted octanol–water partition coefficient (Wildman–Crippen LogP) is 2.29. The maximum absolute atomic E-state index is 11.4. The smallest absolute Gasteiger partial charge is 0.481 e. The number of benzene rings is 1. The van der Waals surface area contributed by atoms with Gasteiger partial charge < -0.3 is 10.2 Å². The van der Waals surface area contributed by atoms with Crippen molar-refractivity contribution in [1.29, 1.82) is 0 Å². The van der Waals surface area contributed by atoms with E-state index in [1.807, 2.05) is 30.3 Å². The van der Waals surface area contributed by atoms with Crippen molar-refractivity contribution >= 4 is 20.0 Å². The Morgan fingerprint density at radius 2 is 1.71 bits per heavy atom. The Balaban J connectivity index is 2.74. The van der Waals surface area contributed by atoms with Crippen LogP contribution in [0.2, 0.25) is 0 Å². The summed E-state index contributed by atoms with van der Waals surface area (Å²) in [5, 5.41) is 17.8. The molecular formula is C14H18O6P+. The second-order valence-electron chi connectivity index (χ2n) is 4.77. The van der Waals surface area contributed by atoms with Gasteiger partial charge in [0.2, 0.25) is 5.66 Å². The van der Waals surface area contributed by atoms with Gasteiger partial charge in [0.25, 0.3) is 0 Å². The third kappa shape index (κ3) is 6.02. The molecule has 6 nitrogen and oxygen atoms in total. The van der Waals surface area contributed by atoms with Crippen molar-refractivity contribution in [2.24, 2.45) is 5.92 Å². The summed E-state index contributed by atoms with van der Waals surface area (Å²) in [7, 11) is -2.69. The third-order valence-corrected chi connectivity index (χ3v) is 4.49. The first-order valence-corrected chi connectivity index (χ1v) is 7.83. The Labute approximate surface area is 123 Å². The molecule has 0 aliphatic carbocycles. The van der Waals surface area contributed by atoms with Gasteiger partial charge in [-0.05, 0) is 23.0 Å². The minimum atomic E-state index is -2.69. The highest BCUT2D eigenvalue weighted by atomic mass is 31.1. The Morgan fingerprint density at radius 3 is 2.19 bits per heavy atom. The number of carbonyl (C=O) groups is 2. The average Bonchev–Trinajstić information content (AvgIpc) is 2.42. The fraction of sp³-hybridized carbons (Fsp3) is 0.429. The van der Waals surface area contributed by atoms with Crippen LogP contribution in [0.4, 0.5) is 0 Å². The molecule has 3 unspecified atom stereocenters. The lowest BCUT2D eigenvalue weighted by Crippen LogP contribution is -2.27. The predicted molar refractivity (Wildman–Crippen MR) is 76.4 cm³/mol. The summed E-state index contributed by atoms with van der Waals surface area (Å²) in [5.74, 6) is -3.47. The van der Waals surface area contributed by atoms with E-state index in [-0.39, 0.29) is 19.3 Å². The highest BCUT2D eigenvalue weighted by Gasteiger charge is 2.41. The number of aliphatic carboxylic acids is 2. The van der Waals surface area contributed by atoms with Crippen LogP contribution >= 0.6 is 8.03 Å². The van der Waals surface area contributed by atoms with Crippen molar-refractivity contribution in [3.05, 3.63) is 35.9 Å². The lowest BCUT2D eigenvalue weighted by atomic mass is 9.94. The topological polar surface area (TPSA) is 112 Å². The minimum absolute atomic E-state index is 0.147. The number of carboxylic acid groups (broad SMARTS) is 2. The zero-order valence-corrected chi connectivity index (χ0v) is 12.3. The SMILES string of the molecule is O=C(O)CCC(C(=O)O)C(CCc1ccccc1)[P+](=O)O. The fourth-order valence-corrected chi connectivity index (χ4v) is 3.12. The first kappa shape index (κ1) is 17.3. The van der Waals surface area contributed by atoms with E-state index < -0.39 is 31.5 Å². The number of hydrogen-bond acceptors (Lipinski definition) is 3. The summed E-state index contributed by atoms with van der Waals surface area (Å²) in [6.07, 6.45) is 0.226. The maximum Gasteiger partial charge on any atom is 0.509 e. The molecule has 0 bridgehead atoms. The van der Waals surface area contributed by atoms with Gasteiger partial charge in [-0.15, -0.1) is 0 Å². The van der Waals surface area contributed by atoms with E-state index in [4.69, 9.17) is 5.11 Å². The normalized spacial score (nSPS) is 14.2. The highest BCUT2D eigenvalue weighted by Crippen LogP contribution is 2.35. The van der Waals surface area contributed by atoms with Crippen LogP contribution in [0.25, 0.3) is 0 Å². The quantitative estimate of drug-likeness (QED) is 0.603. The number of hydrogen-bond donors (Lipinski definition) is 3. The lowest BCUT2D eigenvalue weighted by Gasteiger charge is -2.13. The molecule has 114 valence electrons. The lowest BCUT2D eigenvalue weighted by molar-refractivity contribution is -0.143. The molecule has 0 aliphatic rings. The summed E-state index contributed by atoms with van der Waals surface area (Å²) in [6.45, 7) is 0. The van der Waals surface area contributed by atoms with Crippen LogP contribution in [0.5, 0.6) is 0 Å². The van der Waals surface area contributed by atoms with E-state index in [0.29, 0.717) is 6.42 Å².